The molecule has 416 valence electrons. The summed E-state index contributed by atoms with van der Waals surface area (Å²) >= 11 is 0. The molecule has 22 nitrogen and oxygen atoms in total. The normalized spacial score (nSPS) is 21.6. The SMILES string of the molecule is CC/C=C\C/C=C\C/C=C\CCCCCCCC(=O)O[C@H](COC(=O)CCCCCCCCCCCCCCCCC)COP(=O)(O)OC1[C@H](O)[C@H](OP(=O)(O)O)C(OP(=O)(O)O)[C@H](OP(=O)(O)O)[C@H]1O. The molecule has 1 aliphatic carbocycles. The van der Waals surface area contributed by atoms with Crippen LogP contribution < -0.4 is 0 Å². The van der Waals surface area contributed by atoms with Crippen molar-refractivity contribution < 1.29 is 104 Å². The summed E-state index contributed by atoms with van der Waals surface area (Å²) in [7, 11) is -23.0. The van der Waals surface area contributed by atoms with Gasteiger partial charge in [-0.25, -0.2) is 18.3 Å². The van der Waals surface area contributed by atoms with Gasteiger partial charge in [-0.2, -0.15) is 0 Å². The van der Waals surface area contributed by atoms with Crippen LogP contribution in [0.4, 0.5) is 0 Å². The number of carbonyl (C=O) groups excluding carboxylic acids is 2. The fraction of sp³-hybridized carbons (Fsp3) is 0.822. The third kappa shape index (κ3) is 36.2. The molecule has 3 unspecified atom stereocenters. The number of aliphatic hydroxyl groups excluding tert-OH is 2. The quantitative estimate of drug-likeness (QED) is 0.0119. The van der Waals surface area contributed by atoms with Gasteiger partial charge in [-0.05, 0) is 44.9 Å². The first-order valence-electron chi connectivity index (χ1n) is 25.0. The van der Waals surface area contributed by atoms with Crippen molar-refractivity contribution in [2.75, 3.05) is 13.2 Å². The van der Waals surface area contributed by atoms with E-state index in [9.17, 15) is 72.3 Å². The van der Waals surface area contributed by atoms with E-state index in [0.29, 0.717) is 19.3 Å². The van der Waals surface area contributed by atoms with E-state index in [1.54, 1.807) is 0 Å². The molecule has 0 aliphatic heterocycles. The Labute approximate surface area is 419 Å². The molecule has 8 atom stereocenters. The molecule has 71 heavy (non-hydrogen) atoms. The van der Waals surface area contributed by atoms with E-state index < -0.39 is 99.2 Å². The second kappa shape index (κ2) is 38.1. The highest BCUT2D eigenvalue weighted by Crippen LogP contribution is 2.53. The van der Waals surface area contributed by atoms with Gasteiger partial charge in [-0.15, -0.1) is 0 Å². The van der Waals surface area contributed by atoms with Crippen molar-refractivity contribution in [2.24, 2.45) is 0 Å². The van der Waals surface area contributed by atoms with Crippen LogP contribution in [0, 0.1) is 0 Å². The van der Waals surface area contributed by atoms with Crippen molar-refractivity contribution >= 4 is 43.2 Å². The lowest BCUT2D eigenvalue weighted by Gasteiger charge is -2.45. The largest absolute Gasteiger partial charge is 0.472 e. The van der Waals surface area contributed by atoms with Gasteiger partial charge >= 0.3 is 43.2 Å². The predicted octanol–water partition coefficient (Wildman–Crippen LogP) is 8.96. The van der Waals surface area contributed by atoms with Crippen molar-refractivity contribution in [2.45, 2.75) is 224 Å². The summed E-state index contributed by atoms with van der Waals surface area (Å²) in [5.41, 5.74) is 0. The highest BCUT2D eigenvalue weighted by molar-refractivity contribution is 7.47. The van der Waals surface area contributed by atoms with Crippen LogP contribution in [-0.2, 0) is 59.9 Å². The van der Waals surface area contributed by atoms with Crippen LogP contribution in [0.5, 0.6) is 0 Å². The van der Waals surface area contributed by atoms with Crippen LogP contribution in [0.3, 0.4) is 0 Å². The van der Waals surface area contributed by atoms with Gasteiger partial charge in [0, 0.05) is 12.8 Å². The van der Waals surface area contributed by atoms with Crippen molar-refractivity contribution in [3.05, 3.63) is 36.5 Å². The fourth-order valence-corrected chi connectivity index (χ4v) is 10.3. The first-order chi connectivity index (χ1) is 33.5. The lowest BCUT2D eigenvalue weighted by atomic mass is 9.85. The molecule has 0 aromatic carbocycles. The maximum atomic E-state index is 13.3. The van der Waals surface area contributed by atoms with Crippen molar-refractivity contribution in [3.63, 3.8) is 0 Å². The molecule has 9 N–H and O–H groups in total. The molecule has 0 spiro atoms. The van der Waals surface area contributed by atoms with Gasteiger partial charge in [0.1, 0.15) is 43.2 Å². The van der Waals surface area contributed by atoms with Gasteiger partial charge < -0.3 is 53.9 Å². The summed E-state index contributed by atoms with van der Waals surface area (Å²) in [5, 5.41) is 21.9. The summed E-state index contributed by atoms with van der Waals surface area (Å²) in [6.45, 7) is 2.64. The Kier molecular flexibility index (Phi) is 36.3. The number of ether oxygens (including phenoxy) is 2. The van der Waals surface area contributed by atoms with Crippen LogP contribution in [0.2, 0.25) is 0 Å². The van der Waals surface area contributed by atoms with Gasteiger partial charge in [-0.1, -0.05) is 159 Å². The Bertz CT molecular complexity index is 1690. The van der Waals surface area contributed by atoms with Gasteiger partial charge in [0.15, 0.2) is 6.10 Å². The molecule has 26 heteroatoms. The molecule has 1 rings (SSSR count). The zero-order valence-corrected chi connectivity index (χ0v) is 45.0. The lowest BCUT2D eigenvalue weighted by Crippen LogP contribution is -2.65. The van der Waals surface area contributed by atoms with Gasteiger partial charge in [0.2, 0.25) is 0 Å². The molecular formula is C45H84O22P4. The van der Waals surface area contributed by atoms with E-state index in [4.69, 9.17) is 18.5 Å². The number of allylic oxidation sites excluding steroid dienone is 6. The van der Waals surface area contributed by atoms with E-state index in [1.165, 1.54) is 57.8 Å². The number of unbranched alkanes of at least 4 members (excludes halogenated alkanes) is 19. The number of rotatable bonds is 43. The van der Waals surface area contributed by atoms with Crippen LogP contribution in [0.1, 0.15) is 181 Å². The maximum Gasteiger partial charge on any atom is 0.472 e. The Hall–Kier alpha value is -1.48. The number of phosphoric ester groups is 4. The molecule has 0 radical (unpaired) electrons. The molecule has 1 saturated carbocycles. The van der Waals surface area contributed by atoms with Crippen molar-refractivity contribution in [1.29, 1.82) is 0 Å². The number of carbonyl (C=O) groups is 2. The Morgan fingerprint density at radius 3 is 1.31 bits per heavy atom. The minimum atomic E-state index is -5.79. The smallest absolute Gasteiger partial charge is 0.462 e. The maximum absolute atomic E-state index is 13.3. The number of esters is 2. The molecule has 0 amide bonds. The van der Waals surface area contributed by atoms with Crippen LogP contribution >= 0.6 is 31.3 Å². The van der Waals surface area contributed by atoms with Gasteiger partial charge in [0.05, 0.1) is 6.61 Å². The van der Waals surface area contributed by atoms with Gasteiger partial charge in [-0.3, -0.25) is 32.2 Å². The monoisotopic (exact) mass is 1100 g/mol. The highest BCUT2D eigenvalue weighted by Gasteiger charge is 2.59. The first kappa shape index (κ1) is 67.5. The molecule has 0 saturated heterocycles. The first-order valence-corrected chi connectivity index (χ1v) is 31.1. The summed E-state index contributed by atoms with van der Waals surface area (Å²) in [6.07, 6.45) is 19.2. The zero-order chi connectivity index (χ0) is 53.2. The zero-order valence-electron chi connectivity index (χ0n) is 41.4. The third-order valence-corrected chi connectivity index (χ3v) is 13.7. The summed E-state index contributed by atoms with van der Waals surface area (Å²) in [4.78, 5) is 92.9. The minimum Gasteiger partial charge on any atom is -0.462 e. The second-order valence-corrected chi connectivity index (χ2v) is 22.6. The Balaban J connectivity index is 2.89. The average molecular weight is 1100 g/mol. The lowest BCUT2D eigenvalue weighted by molar-refractivity contribution is -0.209. The minimum absolute atomic E-state index is 0.0328. The number of aliphatic hydroxyl groups is 2. The number of phosphoric acid groups is 4. The van der Waals surface area contributed by atoms with E-state index in [1.807, 2.05) is 0 Å². The molecule has 0 bridgehead atoms. The van der Waals surface area contributed by atoms with Crippen LogP contribution in [0.25, 0.3) is 0 Å². The third-order valence-electron chi connectivity index (χ3n) is 11.2. The topological polar surface area (TPSA) is 349 Å². The van der Waals surface area contributed by atoms with Gasteiger partial charge in [0.25, 0.3) is 0 Å². The molecule has 0 aromatic rings. The number of hydrogen-bond acceptors (Lipinski definition) is 15. The van der Waals surface area contributed by atoms with E-state index in [2.05, 4.69) is 63.9 Å². The highest BCUT2D eigenvalue weighted by atomic mass is 31.2. The summed E-state index contributed by atoms with van der Waals surface area (Å²) < 4.78 is 82.2. The van der Waals surface area contributed by atoms with E-state index >= 15 is 0 Å². The Morgan fingerprint density at radius 1 is 0.465 bits per heavy atom. The summed E-state index contributed by atoms with van der Waals surface area (Å²) in [5.74, 6) is -1.42. The second-order valence-electron chi connectivity index (χ2n) is 17.6. The van der Waals surface area contributed by atoms with Crippen LogP contribution in [0.15, 0.2) is 36.5 Å². The molecular weight excluding hydrogens is 1020 g/mol. The van der Waals surface area contributed by atoms with E-state index in [0.717, 1.165) is 77.0 Å². The predicted molar refractivity (Wildman–Crippen MR) is 263 cm³/mol. The molecule has 0 heterocycles. The molecule has 0 aromatic heterocycles. The van der Waals surface area contributed by atoms with Crippen molar-refractivity contribution in [3.8, 4) is 0 Å². The number of hydrogen-bond donors (Lipinski definition) is 9. The average Bonchev–Trinajstić information content (AvgIpc) is 3.27. The molecule has 1 fully saturated rings. The van der Waals surface area contributed by atoms with Crippen molar-refractivity contribution in [1.82, 2.24) is 0 Å². The van der Waals surface area contributed by atoms with E-state index in [-0.39, 0.29) is 12.8 Å². The standard InChI is InChI=1S/C45H84O22P4/c1-3-5-7-9-11-13-15-17-19-21-23-25-27-29-31-33-38(46)61-35-37(63-39(47)34-32-30-28-26-24-22-20-18-16-14-12-10-8-6-4-2)36-62-71(59,60)67-42-40(48)43(64-68(50,51)52)45(66-70(56,57)58)44(41(42)49)65-69(53,54)55/h6,8,12,14,18,20,37,40-45,48-49H,3-5,7,9-11,13,15-17,19,21-36H2,1-2H3,(H,59,60)(H2,50,51,52)(H2,53,54,55)(H2,56,57,58)/b8-6-,14-12-,20-18-/t37-,40+,41+,42?,43-,44+,45?/m1/s1. The molecule has 1 aliphatic rings. The Morgan fingerprint density at radius 2 is 0.859 bits per heavy atom. The fourth-order valence-electron chi connectivity index (χ4n) is 7.63. The van der Waals surface area contributed by atoms with Crippen LogP contribution in [-0.4, -0.2) is 112 Å². The summed E-state index contributed by atoms with van der Waals surface area (Å²) in [6, 6.07) is 0.